The van der Waals surface area contributed by atoms with Gasteiger partial charge in [-0.2, -0.15) is 0 Å². The summed E-state index contributed by atoms with van der Waals surface area (Å²) in [6.07, 6.45) is 2.58. The topological polar surface area (TPSA) is 29.3 Å². The molecule has 0 aromatic heterocycles. The Morgan fingerprint density at radius 2 is 2.15 bits per heavy atom. The molecule has 2 nitrogen and oxygen atoms in total. The van der Waals surface area contributed by atoms with Crippen LogP contribution in [0.4, 0.5) is 0 Å². The molecule has 1 aliphatic rings. The first-order chi connectivity index (χ1) is 6.19. The molecular weight excluding hydrogens is 160 g/mol. The number of nitrogens with zero attached hydrogens (tertiary/aromatic N) is 1. The van der Waals surface area contributed by atoms with E-state index in [1.165, 1.54) is 25.9 Å². The van der Waals surface area contributed by atoms with Gasteiger partial charge in [-0.15, -0.1) is 0 Å². The normalized spacial score (nSPS) is 27.0. The lowest BCUT2D eigenvalue weighted by Crippen LogP contribution is -2.37. The molecule has 0 amide bonds. The number of likely N-dealkylation sites (tertiary alicyclic amines) is 1. The zero-order valence-electron chi connectivity index (χ0n) is 9.29. The highest BCUT2D eigenvalue weighted by Gasteiger charge is 2.27. The van der Waals surface area contributed by atoms with Crippen LogP contribution in [0.3, 0.4) is 0 Å². The van der Waals surface area contributed by atoms with Crippen LogP contribution in [0.15, 0.2) is 0 Å². The molecule has 0 radical (unpaired) electrons. The van der Waals surface area contributed by atoms with Crippen molar-refractivity contribution < 1.29 is 0 Å². The first-order valence-electron chi connectivity index (χ1n) is 5.63. The van der Waals surface area contributed by atoms with Crippen LogP contribution in [0, 0.1) is 11.8 Å². The Hall–Kier alpha value is -0.0800. The molecule has 0 bridgehead atoms. The second-order valence-electron chi connectivity index (χ2n) is 4.60. The molecule has 1 saturated heterocycles. The van der Waals surface area contributed by atoms with Gasteiger partial charge in [0.05, 0.1) is 0 Å². The molecule has 1 fully saturated rings. The van der Waals surface area contributed by atoms with E-state index in [-0.39, 0.29) is 0 Å². The molecular formula is C11H24N2. The van der Waals surface area contributed by atoms with E-state index >= 15 is 0 Å². The van der Waals surface area contributed by atoms with Gasteiger partial charge in [0.15, 0.2) is 0 Å². The highest BCUT2D eigenvalue weighted by molar-refractivity contribution is 4.82. The zero-order chi connectivity index (χ0) is 9.84. The van der Waals surface area contributed by atoms with Crippen LogP contribution in [-0.4, -0.2) is 30.6 Å². The van der Waals surface area contributed by atoms with E-state index < -0.39 is 0 Å². The molecule has 2 heteroatoms. The standard InChI is InChI=1S/C11H24N2/c1-4-11(9(2)3)13-6-5-10(7-12)8-13/h9-11H,4-8,12H2,1-3H3. The molecule has 1 rings (SSSR count). The van der Waals surface area contributed by atoms with Crippen molar-refractivity contribution in [2.75, 3.05) is 19.6 Å². The molecule has 0 saturated carbocycles. The molecule has 78 valence electrons. The lowest BCUT2D eigenvalue weighted by molar-refractivity contribution is 0.180. The van der Waals surface area contributed by atoms with Crippen molar-refractivity contribution in [3.05, 3.63) is 0 Å². The summed E-state index contributed by atoms with van der Waals surface area (Å²) in [5.41, 5.74) is 5.69. The molecule has 2 N–H and O–H groups in total. The first-order valence-corrected chi connectivity index (χ1v) is 5.63. The van der Waals surface area contributed by atoms with Crippen LogP contribution in [-0.2, 0) is 0 Å². The first kappa shape index (κ1) is 11.0. The quantitative estimate of drug-likeness (QED) is 0.720. The second kappa shape index (κ2) is 4.97. The van der Waals surface area contributed by atoms with E-state index in [1.807, 2.05) is 0 Å². The Morgan fingerprint density at radius 1 is 1.46 bits per heavy atom. The van der Waals surface area contributed by atoms with Crippen LogP contribution in [0.5, 0.6) is 0 Å². The third-order valence-electron chi connectivity index (χ3n) is 3.31. The minimum Gasteiger partial charge on any atom is -0.330 e. The van der Waals surface area contributed by atoms with Gasteiger partial charge in [-0.1, -0.05) is 20.8 Å². The van der Waals surface area contributed by atoms with Gasteiger partial charge < -0.3 is 5.73 Å². The maximum atomic E-state index is 5.69. The molecule has 2 atom stereocenters. The van der Waals surface area contributed by atoms with Crippen LogP contribution >= 0.6 is 0 Å². The largest absolute Gasteiger partial charge is 0.330 e. The monoisotopic (exact) mass is 184 g/mol. The Balaban J connectivity index is 2.43. The third-order valence-corrected chi connectivity index (χ3v) is 3.31. The van der Waals surface area contributed by atoms with Gasteiger partial charge in [0.25, 0.3) is 0 Å². The summed E-state index contributed by atoms with van der Waals surface area (Å²) >= 11 is 0. The highest BCUT2D eigenvalue weighted by Crippen LogP contribution is 2.22. The van der Waals surface area contributed by atoms with Gasteiger partial charge in [-0.05, 0) is 37.8 Å². The van der Waals surface area contributed by atoms with E-state index in [9.17, 15) is 0 Å². The number of hydrogen-bond acceptors (Lipinski definition) is 2. The van der Waals surface area contributed by atoms with Crippen molar-refractivity contribution in [2.24, 2.45) is 17.6 Å². The van der Waals surface area contributed by atoms with Crippen molar-refractivity contribution >= 4 is 0 Å². The molecule has 1 aliphatic heterocycles. The molecule has 0 aliphatic carbocycles. The van der Waals surface area contributed by atoms with Gasteiger partial charge in [0.2, 0.25) is 0 Å². The summed E-state index contributed by atoms with van der Waals surface area (Å²) < 4.78 is 0. The second-order valence-corrected chi connectivity index (χ2v) is 4.60. The van der Waals surface area contributed by atoms with Gasteiger partial charge in [-0.25, -0.2) is 0 Å². The van der Waals surface area contributed by atoms with Gasteiger partial charge in [0, 0.05) is 12.6 Å². The number of rotatable bonds is 4. The SMILES string of the molecule is CCC(C(C)C)N1CCC(CN)C1. The van der Waals surface area contributed by atoms with Crippen LogP contribution in [0.1, 0.15) is 33.6 Å². The van der Waals surface area contributed by atoms with Gasteiger partial charge in [0.1, 0.15) is 0 Å². The average Bonchev–Trinajstić information content (AvgIpc) is 2.53. The van der Waals surface area contributed by atoms with E-state index in [0.29, 0.717) is 0 Å². The predicted molar refractivity (Wildman–Crippen MR) is 57.7 cm³/mol. The lowest BCUT2D eigenvalue weighted by atomic mass is 10.0. The van der Waals surface area contributed by atoms with Crippen molar-refractivity contribution in [3.8, 4) is 0 Å². The van der Waals surface area contributed by atoms with Crippen LogP contribution in [0.25, 0.3) is 0 Å². The van der Waals surface area contributed by atoms with Crippen molar-refractivity contribution in [1.29, 1.82) is 0 Å². The smallest absolute Gasteiger partial charge is 0.0116 e. The summed E-state index contributed by atoms with van der Waals surface area (Å²) in [6, 6.07) is 0.775. The van der Waals surface area contributed by atoms with E-state index in [4.69, 9.17) is 5.73 Å². The average molecular weight is 184 g/mol. The van der Waals surface area contributed by atoms with E-state index in [0.717, 1.165) is 24.4 Å². The Kier molecular flexibility index (Phi) is 4.20. The fourth-order valence-electron chi connectivity index (χ4n) is 2.51. The third kappa shape index (κ3) is 2.68. The van der Waals surface area contributed by atoms with Crippen LogP contribution < -0.4 is 5.73 Å². The van der Waals surface area contributed by atoms with E-state index in [2.05, 4.69) is 25.7 Å². The minimum absolute atomic E-state index is 0.757. The van der Waals surface area contributed by atoms with Crippen molar-refractivity contribution in [2.45, 2.75) is 39.7 Å². The minimum atomic E-state index is 0.757. The Morgan fingerprint density at radius 3 is 2.54 bits per heavy atom. The predicted octanol–water partition coefficient (Wildman–Crippen LogP) is 1.70. The van der Waals surface area contributed by atoms with Crippen LogP contribution in [0.2, 0.25) is 0 Å². The Labute approximate surface area is 82.5 Å². The molecule has 1 heterocycles. The maximum absolute atomic E-state index is 5.69. The molecule has 0 spiro atoms. The van der Waals surface area contributed by atoms with E-state index in [1.54, 1.807) is 0 Å². The number of hydrogen-bond donors (Lipinski definition) is 1. The fourth-order valence-corrected chi connectivity index (χ4v) is 2.51. The molecule has 0 aromatic rings. The lowest BCUT2D eigenvalue weighted by Gasteiger charge is -2.30. The van der Waals surface area contributed by atoms with Gasteiger partial charge >= 0.3 is 0 Å². The van der Waals surface area contributed by atoms with Crippen molar-refractivity contribution in [1.82, 2.24) is 4.90 Å². The summed E-state index contributed by atoms with van der Waals surface area (Å²) in [6.45, 7) is 10.3. The fraction of sp³-hybridized carbons (Fsp3) is 1.00. The van der Waals surface area contributed by atoms with Gasteiger partial charge in [-0.3, -0.25) is 4.90 Å². The maximum Gasteiger partial charge on any atom is 0.0116 e. The molecule has 0 aromatic carbocycles. The number of nitrogens with two attached hydrogens (primary N) is 1. The molecule has 2 unspecified atom stereocenters. The summed E-state index contributed by atoms with van der Waals surface area (Å²) in [5, 5.41) is 0. The Bertz CT molecular complexity index is 145. The molecule has 13 heavy (non-hydrogen) atoms. The van der Waals surface area contributed by atoms with Crippen molar-refractivity contribution in [3.63, 3.8) is 0 Å². The highest BCUT2D eigenvalue weighted by atomic mass is 15.2. The summed E-state index contributed by atoms with van der Waals surface area (Å²) in [5.74, 6) is 1.54. The summed E-state index contributed by atoms with van der Waals surface area (Å²) in [7, 11) is 0. The summed E-state index contributed by atoms with van der Waals surface area (Å²) in [4.78, 5) is 2.63. The zero-order valence-corrected chi connectivity index (χ0v) is 9.29.